The molecule has 9 rings (SSSR count). The third kappa shape index (κ3) is 2.51. The SMILES string of the molecule is c1ccc(-n2ccc3ccc4c5ccccc5n(-c5ccc6ccc7cccc8ccc5c6c78)c4c32)cc1. The van der Waals surface area contributed by atoms with Crippen molar-refractivity contribution < 1.29 is 0 Å². The molecule has 9 aromatic rings. The van der Waals surface area contributed by atoms with E-state index in [-0.39, 0.29) is 0 Å². The van der Waals surface area contributed by atoms with Gasteiger partial charge >= 0.3 is 0 Å². The molecular formula is C36H22N2. The lowest BCUT2D eigenvalue weighted by Crippen LogP contribution is -1.99. The van der Waals surface area contributed by atoms with Gasteiger partial charge in [0.05, 0.1) is 22.2 Å². The first-order valence-electron chi connectivity index (χ1n) is 13.1. The summed E-state index contributed by atoms with van der Waals surface area (Å²) in [6.07, 6.45) is 2.20. The van der Waals surface area contributed by atoms with Crippen molar-refractivity contribution in [3.8, 4) is 11.4 Å². The second-order valence-electron chi connectivity index (χ2n) is 10.2. The molecule has 0 bridgehead atoms. The summed E-state index contributed by atoms with van der Waals surface area (Å²) in [5.41, 5.74) is 6.09. The van der Waals surface area contributed by atoms with Crippen LogP contribution in [0.2, 0.25) is 0 Å². The van der Waals surface area contributed by atoms with Crippen LogP contribution in [0, 0.1) is 0 Å². The monoisotopic (exact) mass is 482 g/mol. The molecule has 0 spiro atoms. The zero-order valence-corrected chi connectivity index (χ0v) is 20.6. The van der Waals surface area contributed by atoms with E-state index < -0.39 is 0 Å². The molecular weight excluding hydrogens is 460 g/mol. The van der Waals surface area contributed by atoms with Gasteiger partial charge in [-0.25, -0.2) is 0 Å². The van der Waals surface area contributed by atoms with Crippen LogP contribution in [0.4, 0.5) is 0 Å². The number of fused-ring (bicyclic) bond motifs is 5. The Balaban J connectivity index is 1.51. The Kier molecular flexibility index (Phi) is 3.82. The highest BCUT2D eigenvalue weighted by Crippen LogP contribution is 2.42. The summed E-state index contributed by atoms with van der Waals surface area (Å²) < 4.78 is 4.83. The number of para-hydroxylation sites is 2. The zero-order chi connectivity index (χ0) is 24.8. The fourth-order valence-electron chi connectivity index (χ4n) is 6.64. The van der Waals surface area contributed by atoms with Crippen LogP contribution in [-0.4, -0.2) is 9.13 Å². The number of nitrogens with zero attached hydrogens (tertiary/aromatic N) is 2. The van der Waals surface area contributed by atoms with E-state index in [9.17, 15) is 0 Å². The van der Waals surface area contributed by atoms with Crippen LogP contribution < -0.4 is 0 Å². The van der Waals surface area contributed by atoms with Crippen LogP contribution in [0.1, 0.15) is 0 Å². The Labute approximate surface area is 218 Å². The quantitative estimate of drug-likeness (QED) is 0.217. The first-order chi connectivity index (χ1) is 18.9. The molecule has 2 nitrogen and oxygen atoms in total. The lowest BCUT2D eigenvalue weighted by molar-refractivity contribution is 1.12. The second kappa shape index (κ2) is 7.24. The molecule has 7 aromatic carbocycles. The average Bonchev–Trinajstić information content (AvgIpc) is 3.56. The zero-order valence-electron chi connectivity index (χ0n) is 20.6. The first kappa shape index (κ1) is 20.0. The molecule has 0 saturated heterocycles. The van der Waals surface area contributed by atoms with E-state index in [4.69, 9.17) is 0 Å². The Bertz CT molecular complexity index is 2320. The Morgan fingerprint density at radius 1 is 0.395 bits per heavy atom. The first-order valence-corrected chi connectivity index (χ1v) is 13.1. The van der Waals surface area contributed by atoms with Crippen LogP contribution in [0.3, 0.4) is 0 Å². The van der Waals surface area contributed by atoms with Gasteiger partial charge in [-0.05, 0) is 57.3 Å². The minimum Gasteiger partial charge on any atom is -0.315 e. The van der Waals surface area contributed by atoms with Crippen molar-refractivity contribution in [1.82, 2.24) is 9.13 Å². The minimum absolute atomic E-state index is 1.17. The Morgan fingerprint density at radius 2 is 1.08 bits per heavy atom. The third-order valence-corrected chi connectivity index (χ3v) is 8.27. The molecule has 176 valence electrons. The number of hydrogen-bond acceptors (Lipinski definition) is 0. The molecule has 0 fully saturated rings. The lowest BCUT2D eigenvalue weighted by atomic mass is 9.93. The van der Waals surface area contributed by atoms with Crippen LogP contribution in [-0.2, 0) is 0 Å². The molecule has 2 heterocycles. The molecule has 0 N–H and O–H groups in total. The van der Waals surface area contributed by atoms with Gasteiger partial charge in [-0.3, -0.25) is 0 Å². The molecule has 0 aliphatic heterocycles. The Morgan fingerprint density at radius 3 is 1.95 bits per heavy atom. The lowest BCUT2D eigenvalue weighted by Gasteiger charge is -2.17. The van der Waals surface area contributed by atoms with Crippen LogP contribution in [0.25, 0.3) is 76.4 Å². The van der Waals surface area contributed by atoms with Gasteiger partial charge in [0.1, 0.15) is 0 Å². The summed E-state index contributed by atoms with van der Waals surface area (Å²) in [6, 6.07) is 46.6. The summed E-state index contributed by atoms with van der Waals surface area (Å²) in [4.78, 5) is 0. The molecule has 2 aromatic heterocycles. The smallest absolute Gasteiger partial charge is 0.0788 e. The molecule has 0 aliphatic rings. The van der Waals surface area contributed by atoms with Crippen molar-refractivity contribution in [2.75, 3.05) is 0 Å². The molecule has 38 heavy (non-hydrogen) atoms. The van der Waals surface area contributed by atoms with Crippen molar-refractivity contribution in [3.05, 3.63) is 134 Å². The molecule has 0 unspecified atom stereocenters. The van der Waals surface area contributed by atoms with Crippen molar-refractivity contribution in [3.63, 3.8) is 0 Å². The Hall–Kier alpha value is -5.08. The highest BCUT2D eigenvalue weighted by Gasteiger charge is 2.20. The fourth-order valence-corrected chi connectivity index (χ4v) is 6.64. The molecule has 2 heteroatoms. The standard InChI is InChI=1S/C36H22N2/c1-2-9-27(10-3-1)37-22-21-26-16-18-29-28-11-4-5-12-31(28)38(36(29)35(26)37)32-20-17-25-14-13-23-7-6-8-24-15-19-30(32)34(25)33(23)24/h1-22H. The van der Waals surface area contributed by atoms with Crippen molar-refractivity contribution in [2.24, 2.45) is 0 Å². The van der Waals surface area contributed by atoms with Gasteiger partial charge in [0.15, 0.2) is 0 Å². The maximum Gasteiger partial charge on any atom is 0.0788 e. The summed E-state index contributed by atoms with van der Waals surface area (Å²) >= 11 is 0. The van der Waals surface area contributed by atoms with Gasteiger partial charge in [0.25, 0.3) is 0 Å². The van der Waals surface area contributed by atoms with E-state index in [1.165, 1.54) is 76.4 Å². The number of benzene rings is 7. The van der Waals surface area contributed by atoms with E-state index in [1.54, 1.807) is 0 Å². The maximum absolute atomic E-state index is 2.50. The van der Waals surface area contributed by atoms with E-state index in [0.717, 1.165) is 0 Å². The number of hydrogen-bond donors (Lipinski definition) is 0. The molecule has 0 saturated carbocycles. The number of aromatic nitrogens is 2. The topological polar surface area (TPSA) is 9.86 Å². The van der Waals surface area contributed by atoms with Crippen molar-refractivity contribution in [2.45, 2.75) is 0 Å². The highest BCUT2D eigenvalue weighted by molar-refractivity contribution is 6.26. The maximum atomic E-state index is 2.50. The van der Waals surface area contributed by atoms with Gasteiger partial charge in [0, 0.05) is 33.4 Å². The minimum atomic E-state index is 1.17. The number of rotatable bonds is 2. The van der Waals surface area contributed by atoms with E-state index in [2.05, 4.69) is 143 Å². The largest absolute Gasteiger partial charge is 0.315 e. The molecule has 0 atom stereocenters. The van der Waals surface area contributed by atoms with E-state index >= 15 is 0 Å². The molecule has 0 aliphatic carbocycles. The molecule has 0 amide bonds. The molecule has 0 radical (unpaired) electrons. The van der Waals surface area contributed by atoms with Crippen LogP contribution in [0.5, 0.6) is 0 Å². The fraction of sp³-hybridized carbons (Fsp3) is 0. The predicted molar refractivity (Wildman–Crippen MR) is 161 cm³/mol. The van der Waals surface area contributed by atoms with Gasteiger partial charge in [-0.15, -0.1) is 0 Å². The van der Waals surface area contributed by atoms with Gasteiger partial charge in [-0.1, -0.05) is 97.1 Å². The highest BCUT2D eigenvalue weighted by atomic mass is 15.0. The third-order valence-electron chi connectivity index (χ3n) is 8.27. The van der Waals surface area contributed by atoms with Crippen LogP contribution in [0.15, 0.2) is 134 Å². The predicted octanol–water partition coefficient (Wildman–Crippen LogP) is 9.62. The summed E-state index contributed by atoms with van der Waals surface area (Å²) in [6.45, 7) is 0. The van der Waals surface area contributed by atoms with E-state index in [1.807, 2.05) is 0 Å². The second-order valence-corrected chi connectivity index (χ2v) is 10.2. The normalized spacial score (nSPS) is 12.2. The summed E-state index contributed by atoms with van der Waals surface area (Å²) in [5.74, 6) is 0. The summed E-state index contributed by atoms with van der Waals surface area (Å²) in [7, 11) is 0. The van der Waals surface area contributed by atoms with Gasteiger partial charge in [0.2, 0.25) is 0 Å². The summed E-state index contributed by atoms with van der Waals surface area (Å²) in [5, 5.41) is 11.6. The van der Waals surface area contributed by atoms with Crippen molar-refractivity contribution >= 4 is 65.0 Å². The van der Waals surface area contributed by atoms with Gasteiger partial charge in [-0.2, -0.15) is 0 Å². The van der Waals surface area contributed by atoms with Crippen LogP contribution >= 0.6 is 0 Å². The van der Waals surface area contributed by atoms with E-state index in [0.29, 0.717) is 0 Å². The van der Waals surface area contributed by atoms with Gasteiger partial charge < -0.3 is 9.13 Å². The van der Waals surface area contributed by atoms with Crippen molar-refractivity contribution in [1.29, 1.82) is 0 Å². The average molecular weight is 483 g/mol.